The van der Waals surface area contributed by atoms with Gasteiger partial charge < -0.3 is 10.2 Å². The van der Waals surface area contributed by atoms with Crippen LogP contribution in [0.15, 0.2) is 24.3 Å². The predicted octanol–water partition coefficient (Wildman–Crippen LogP) is 2.74. The van der Waals surface area contributed by atoms with Gasteiger partial charge in [0.15, 0.2) is 0 Å². The number of carbonyl (C=O) groups excluding carboxylic acids is 2. The molecular weight excluding hydrogens is 283 g/mol. The molecule has 1 aromatic rings. The van der Waals surface area contributed by atoms with E-state index in [0.717, 1.165) is 12.8 Å². The Morgan fingerprint density at radius 1 is 1.27 bits per heavy atom. The van der Waals surface area contributed by atoms with Gasteiger partial charge >= 0.3 is 0 Å². The first-order chi connectivity index (χ1) is 10.3. The summed E-state index contributed by atoms with van der Waals surface area (Å²) in [5, 5.41) is 2.93. The highest BCUT2D eigenvalue weighted by molar-refractivity contribution is 5.97. The Hall–Kier alpha value is -1.91. The van der Waals surface area contributed by atoms with E-state index >= 15 is 0 Å². The summed E-state index contributed by atoms with van der Waals surface area (Å²) in [4.78, 5) is 26.6. The van der Waals surface area contributed by atoms with Crippen LogP contribution in [-0.2, 0) is 4.79 Å². The molecule has 0 spiro atoms. The summed E-state index contributed by atoms with van der Waals surface area (Å²) in [5.74, 6) is -0.872. The van der Waals surface area contributed by atoms with Gasteiger partial charge in [-0.2, -0.15) is 0 Å². The molecule has 2 amide bonds. The molecule has 1 saturated heterocycles. The lowest BCUT2D eigenvalue weighted by atomic mass is 9.98. The van der Waals surface area contributed by atoms with E-state index in [9.17, 15) is 14.0 Å². The molecular formula is C17H23FN2O2. The van der Waals surface area contributed by atoms with Crippen LogP contribution in [0.1, 0.15) is 50.4 Å². The number of piperidine rings is 1. The van der Waals surface area contributed by atoms with Crippen LogP contribution in [0.5, 0.6) is 0 Å². The maximum atomic E-state index is 13.3. The molecule has 2 rings (SSSR count). The van der Waals surface area contributed by atoms with Crippen LogP contribution in [-0.4, -0.2) is 34.8 Å². The van der Waals surface area contributed by atoms with Crippen LogP contribution in [0.3, 0.4) is 0 Å². The van der Waals surface area contributed by atoms with Gasteiger partial charge in [-0.05, 0) is 58.2 Å². The van der Waals surface area contributed by atoms with Crippen molar-refractivity contribution in [3.05, 3.63) is 35.6 Å². The van der Waals surface area contributed by atoms with Crippen LogP contribution in [0.4, 0.5) is 4.39 Å². The monoisotopic (exact) mass is 306 g/mol. The van der Waals surface area contributed by atoms with Gasteiger partial charge in [-0.15, -0.1) is 0 Å². The first-order valence-electron chi connectivity index (χ1n) is 7.66. The quantitative estimate of drug-likeness (QED) is 0.913. The Morgan fingerprint density at radius 2 is 2.00 bits per heavy atom. The average molecular weight is 306 g/mol. The standard InChI is InChI=1S/C17H23FN2O2/c1-17(2,3)19-15(21)14-9-4-5-10-20(14)16(22)12-7-6-8-13(18)11-12/h6-8,11,14H,4-5,9-10H2,1-3H3,(H,19,21). The van der Waals surface area contributed by atoms with Crippen molar-refractivity contribution in [2.45, 2.75) is 51.6 Å². The third-order valence-corrected chi connectivity index (χ3v) is 3.64. The van der Waals surface area contributed by atoms with E-state index in [2.05, 4.69) is 5.32 Å². The number of likely N-dealkylation sites (tertiary alicyclic amines) is 1. The summed E-state index contributed by atoms with van der Waals surface area (Å²) in [6.45, 7) is 6.25. The number of hydrogen-bond acceptors (Lipinski definition) is 2. The minimum Gasteiger partial charge on any atom is -0.350 e. The fourth-order valence-corrected chi connectivity index (χ4v) is 2.69. The molecule has 0 radical (unpaired) electrons. The third-order valence-electron chi connectivity index (χ3n) is 3.64. The summed E-state index contributed by atoms with van der Waals surface area (Å²) in [5.41, 5.74) is -0.0577. The van der Waals surface area contributed by atoms with Crippen molar-refractivity contribution < 1.29 is 14.0 Å². The number of carbonyl (C=O) groups is 2. The molecule has 1 unspecified atom stereocenters. The fourth-order valence-electron chi connectivity index (χ4n) is 2.69. The SMILES string of the molecule is CC(C)(C)NC(=O)C1CCCCN1C(=O)c1cccc(F)c1. The highest BCUT2D eigenvalue weighted by Gasteiger charge is 2.34. The smallest absolute Gasteiger partial charge is 0.254 e. The molecule has 1 aromatic carbocycles. The molecule has 1 atom stereocenters. The largest absolute Gasteiger partial charge is 0.350 e. The summed E-state index contributed by atoms with van der Waals surface area (Å²) in [6.07, 6.45) is 2.42. The second-order valence-corrected chi connectivity index (χ2v) is 6.76. The number of halogens is 1. The molecule has 1 fully saturated rings. The topological polar surface area (TPSA) is 49.4 Å². The van der Waals surface area contributed by atoms with Crippen molar-refractivity contribution in [3.8, 4) is 0 Å². The van der Waals surface area contributed by atoms with Gasteiger partial charge in [-0.3, -0.25) is 9.59 Å². The molecule has 0 aliphatic carbocycles. The van der Waals surface area contributed by atoms with Gasteiger partial charge in [0, 0.05) is 17.6 Å². The average Bonchev–Trinajstić information content (AvgIpc) is 2.44. The van der Waals surface area contributed by atoms with Gasteiger partial charge in [-0.25, -0.2) is 4.39 Å². The van der Waals surface area contributed by atoms with E-state index in [1.807, 2.05) is 20.8 Å². The van der Waals surface area contributed by atoms with E-state index in [1.54, 1.807) is 11.0 Å². The first kappa shape index (κ1) is 16.5. The van der Waals surface area contributed by atoms with Crippen molar-refractivity contribution in [2.75, 3.05) is 6.54 Å². The molecule has 0 aromatic heterocycles. The van der Waals surface area contributed by atoms with Gasteiger partial charge in [-0.1, -0.05) is 6.07 Å². The molecule has 0 bridgehead atoms. The lowest BCUT2D eigenvalue weighted by molar-refractivity contribution is -0.128. The van der Waals surface area contributed by atoms with Gasteiger partial charge in [0.25, 0.3) is 5.91 Å². The van der Waals surface area contributed by atoms with Crippen LogP contribution < -0.4 is 5.32 Å². The summed E-state index contributed by atoms with van der Waals surface area (Å²) < 4.78 is 13.3. The number of amides is 2. The van der Waals surface area contributed by atoms with Gasteiger partial charge in [0.1, 0.15) is 11.9 Å². The maximum Gasteiger partial charge on any atom is 0.254 e. The van der Waals surface area contributed by atoms with E-state index in [4.69, 9.17) is 0 Å². The van der Waals surface area contributed by atoms with E-state index in [1.165, 1.54) is 18.2 Å². The Kier molecular flexibility index (Phi) is 4.84. The molecule has 0 saturated carbocycles. The molecule has 4 nitrogen and oxygen atoms in total. The normalized spacial score (nSPS) is 18.9. The van der Waals surface area contributed by atoms with Crippen LogP contribution in [0, 0.1) is 5.82 Å². The van der Waals surface area contributed by atoms with Crippen molar-refractivity contribution in [1.29, 1.82) is 0 Å². The molecule has 1 heterocycles. The Morgan fingerprint density at radius 3 is 2.64 bits per heavy atom. The lowest BCUT2D eigenvalue weighted by Crippen LogP contribution is -2.55. The van der Waals surface area contributed by atoms with Crippen molar-refractivity contribution in [2.24, 2.45) is 0 Å². The summed E-state index contributed by atoms with van der Waals surface area (Å²) in [6, 6.07) is 5.13. The van der Waals surface area contributed by atoms with Crippen molar-refractivity contribution in [1.82, 2.24) is 10.2 Å². The zero-order chi connectivity index (χ0) is 16.3. The van der Waals surface area contributed by atoms with Crippen LogP contribution in [0.2, 0.25) is 0 Å². The molecule has 5 heteroatoms. The van der Waals surface area contributed by atoms with Crippen LogP contribution in [0.25, 0.3) is 0 Å². The zero-order valence-corrected chi connectivity index (χ0v) is 13.4. The van der Waals surface area contributed by atoms with E-state index in [0.29, 0.717) is 13.0 Å². The van der Waals surface area contributed by atoms with E-state index < -0.39 is 11.9 Å². The number of nitrogens with one attached hydrogen (secondary N) is 1. The second kappa shape index (κ2) is 6.46. The van der Waals surface area contributed by atoms with Crippen molar-refractivity contribution >= 4 is 11.8 Å². The van der Waals surface area contributed by atoms with Gasteiger partial charge in [0.2, 0.25) is 5.91 Å². The highest BCUT2D eigenvalue weighted by atomic mass is 19.1. The molecule has 120 valence electrons. The number of benzene rings is 1. The predicted molar refractivity (Wildman–Crippen MR) is 83.0 cm³/mol. The molecule has 1 aliphatic rings. The minimum absolute atomic E-state index is 0.142. The Balaban J connectivity index is 2.19. The van der Waals surface area contributed by atoms with Crippen LogP contribution >= 0.6 is 0 Å². The maximum absolute atomic E-state index is 13.3. The minimum atomic E-state index is -0.483. The molecule has 1 N–H and O–H groups in total. The molecule has 22 heavy (non-hydrogen) atoms. The summed E-state index contributed by atoms with van der Waals surface area (Å²) >= 11 is 0. The Bertz CT molecular complexity index is 566. The zero-order valence-electron chi connectivity index (χ0n) is 13.4. The number of nitrogens with zero attached hydrogens (tertiary/aromatic N) is 1. The summed E-state index contributed by atoms with van der Waals surface area (Å²) in [7, 11) is 0. The Labute approximate surface area is 130 Å². The van der Waals surface area contributed by atoms with E-state index in [-0.39, 0.29) is 22.9 Å². The highest BCUT2D eigenvalue weighted by Crippen LogP contribution is 2.21. The third kappa shape index (κ3) is 4.06. The first-order valence-corrected chi connectivity index (χ1v) is 7.66. The fraction of sp³-hybridized carbons (Fsp3) is 0.529. The molecule has 1 aliphatic heterocycles. The lowest BCUT2D eigenvalue weighted by Gasteiger charge is -2.36. The number of rotatable bonds is 2. The number of hydrogen-bond donors (Lipinski definition) is 1. The van der Waals surface area contributed by atoms with Crippen molar-refractivity contribution in [3.63, 3.8) is 0 Å². The van der Waals surface area contributed by atoms with Gasteiger partial charge in [0.05, 0.1) is 0 Å². The second-order valence-electron chi connectivity index (χ2n) is 6.76.